The average Bonchev–Trinajstić information content (AvgIpc) is 2.74. The second-order valence-electron chi connectivity index (χ2n) is 3.31. The van der Waals surface area contributed by atoms with Gasteiger partial charge in [-0.25, -0.2) is 0 Å². The second-order valence-corrected chi connectivity index (χ2v) is 6.25. The molecular weight excluding hydrogens is 248 g/mol. The van der Waals surface area contributed by atoms with Gasteiger partial charge in [0.15, 0.2) is 0 Å². The van der Waals surface area contributed by atoms with E-state index < -0.39 is 0 Å². The molecular formula is C11H9ClOS2. The van der Waals surface area contributed by atoms with Crippen molar-refractivity contribution in [2.45, 2.75) is 13.8 Å². The highest BCUT2D eigenvalue weighted by atomic mass is 35.5. The number of hydrogen-bond donors (Lipinski definition) is 0. The lowest BCUT2D eigenvalue weighted by Gasteiger charge is -1.90. The van der Waals surface area contributed by atoms with Crippen LogP contribution in [0.3, 0.4) is 0 Å². The fraction of sp³-hybridized carbons (Fsp3) is 0.182. The van der Waals surface area contributed by atoms with Crippen LogP contribution < -0.4 is 0 Å². The maximum absolute atomic E-state index is 12.0. The molecule has 2 aromatic rings. The minimum atomic E-state index is 0.0769. The van der Waals surface area contributed by atoms with Gasteiger partial charge in [-0.3, -0.25) is 4.79 Å². The number of thiophene rings is 2. The van der Waals surface area contributed by atoms with Crippen molar-refractivity contribution in [2.24, 2.45) is 0 Å². The Morgan fingerprint density at radius 1 is 1.20 bits per heavy atom. The van der Waals surface area contributed by atoms with Crippen LogP contribution in [0.5, 0.6) is 0 Å². The van der Waals surface area contributed by atoms with Gasteiger partial charge in [0.25, 0.3) is 0 Å². The van der Waals surface area contributed by atoms with Crippen LogP contribution in [-0.4, -0.2) is 5.78 Å². The zero-order valence-electron chi connectivity index (χ0n) is 8.33. The Bertz CT molecular complexity index is 491. The van der Waals surface area contributed by atoms with Gasteiger partial charge in [0.2, 0.25) is 5.78 Å². The molecule has 0 radical (unpaired) electrons. The molecule has 4 heteroatoms. The summed E-state index contributed by atoms with van der Waals surface area (Å²) in [4.78, 5) is 14.6. The molecule has 0 aliphatic rings. The molecule has 0 saturated carbocycles. The topological polar surface area (TPSA) is 17.1 Å². The smallest absolute Gasteiger partial charge is 0.212 e. The molecule has 2 rings (SSSR count). The fourth-order valence-corrected chi connectivity index (χ4v) is 3.29. The predicted molar refractivity (Wildman–Crippen MR) is 66.6 cm³/mol. The lowest BCUT2D eigenvalue weighted by atomic mass is 10.2. The van der Waals surface area contributed by atoms with Crippen LogP contribution in [0.25, 0.3) is 0 Å². The van der Waals surface area contributed by atoms with Crippen molar-refractivity contribution in [3.8, 4) is 0 Å². The van der Waals surface area contributed by atoms with Crippen LogP contribution in [-0.2, 0) is 0 Å². The summed E-state index contributed by atoms with van der Waals surface area (Å²) in [5.74, 6) is 0.0769. The lowest BCUT2D eigenvalue weighted by Crippen LogP contribution is -1.93. The zero-order chi connectivity index (χ0) is 11.0. The van der Waals surface area contributed by atoms with E-state index in [0.717, 1.165) is 20.2 Å². The molecule has 0 aliphatic carbocycles. The Balaban J connectivity index is 2.36. The normalized spacial score (nSPS) is 10.6. The summed E-state index contributed by atoms with van der Waals surface area (Å²) in [7, 11) is 0. The van der Waals surface area contributed by atoms with E-state index in [9.17, 15) is 4.79 Å². The van der Waals surface area contributed by atoms with E-state index in [-0.39, 0.29) is 5.78 Å². The largest absolute Gasteiger partial charge is 0.287 e. The summed E-state index contributed by atoms with van der Waals surface area (Å²) in [5.41, 5.74) is 0.971. The van der Waals surface area contributed by atoms with Crippen molar-refractivity contribution < 1.29 is 4.79 Å². The van der Waals surface area contributed by atoms with Crippen LogP contribution >= 0.6 is 34.3 Å². The Kier molecular flexibility index (Phi) is 2.96. The summed E-state index contributed by atoms with van der Waals surface area (Å²) in [6.45, 7) is 3.91. The van der Waals surface area contributed by atoms with E-state index in [1.165, 1.54) is 22.7 Å². The van der Waals surface area contributed by atoms with Crippen molar-refractivity contribution in [1.82, 2.24) is 0 Å². The second kappa shape index (κ2) is 4.08. The van der Waals surface area contributed by atoms with Crippen LogP contribution in [0, 0.1) is 13.8 Å². The molecule has 78 valence electrons. The molecule has 2 aromatic heterocycles. The summed E-state index contributed by atoms with van der Waals surface area (Å²) in [6.07, 6.45) is 0. The van der Waals surface area contributed by atoms with Crippen molar-refractivity contribution in [3.63, 3.8) is 0 Å². The molecule has 0 bridgehead atoms. The number of halogens is 1. The Hall–Kier alpha value is -0.640. The monoisotopic (exact) mass is 256 g/mol. The maximum atomic E-state index is 12.0. The third-order valence-electron chi connectivity index (χ3n) is 2.05. The molecule has 15 heavy (non-hydrogen) atoms. The first-order valence-corrected chi connectivity index (χ1v) is 6.46. The molecule has 0 fully saturated rings. The molecule has 1 nitrogen and oxygen atoms in total. The number of carbonyl (C=O) groups excluding carboxylic acids is 1. The fourth-order valence-electron chi connectivity index (χ4n) is 1.25. The number of aryl methyl sites for hydroxylation is 2. The highest BCUT2D eigenvalue weighted by Gasteiger charge is 2.14. The summed E-state index contributed by atoms with van der Waals surface area (Å²) in [5, 5.41) is 0. The Morgan fingerprint density at radius 3 is 2.40 bits per heavy atom. The van der Waals surface area contributed by atoms with Crippen molar-refractivity contribution >= 4 is 40.1 Å². The Morgan fingerprint density at radius 2 is 1.93 bits per heavy atom. The quantitative estimate of drug-likeness (QED) is 0.732. The molecule has 0 N–H and O–H groups in total. The van der Waals surface area contributed by atoms with Crippen molar-refractivity contribution in [1.29, 1.82) is 0 Å². The van der Waals surface area contributed by atoms with Crippen molar-refractivity contribution in [3.05, 3.63) is 42.7 Å². The van der Waals surface area contributed by atoms with Gasteiger partial charge >= 0.3 is 0 Å². The number of hydrogen-bond acceptors (Lipinski definition) is 3. The van der Waals surface area contributed by atoms with Crippen LogP contribution in [0.1, 0.15) is 25.0 Å². The molecule has 0 spiro atoms. The molecule has 0 aromatic carbocycles. The molecule has 0 aliphatic heterocycles. The van der Waals surface area contributed by atoms with E-state index in [0.29, 0.717) is 4.34 Å². The maximum Gasteiger partial charge on any atom is 0.212 e. The number of carbonyl (C=O) groups is 1. The molecule has 0 amide bonds. The highest BCUT2D eigenvalue weighted by molar-refractivity contribution is 7.20. The SMILES string of the molecule is Cc1ccc(C(=O)c2cc(C)c(Cl)s2)s1. The standard InChI is InChI=1S/C11H9ClOS2/c1-6-5-9(15-11(6)12)10(13)8-4-3-7(2)14-8/h3-5H,1-2H3. The number of rotatable bonds is 2. The summed E-state index contributed by atoms with van der Waals surface area (Å²) < 4.78 is 0.701. The van der Waals surface area contributed by atoms with E-state index in [4.69, 9.17) is 11.6 Å². The van der Waals surface area contributed by atoms with Gasteiger partial charge in [-0.2, -0.15) is 0 Å². The van der Waals surface area contributed by atoms with E-state index in [1.54, 1.807) is 0 Å². The predicted octanol–water partition coefficient (Wildman–Crippen LogP) is 4.31. The first kappa shape index (κ1) is 10.9. The van der Waals surface area contributed by atoms with Gasteiger partial charge in [-0.15, -0.1) is 22.7 Å². The minimum Gasteiger partial charge on any atom is -0.287 e. The van der Waals surface area contributed by atoms with E-state index >= 15 is 0 Å². The van der Waals surface area contributed by atoms with Gasteiger partial charge in [0.05, 0.1) is 14.1 Å². The third kappa shape index (κ3) is 2.14. The third-order valence-corrected chi connectivity index (χ3v) is 4.60. The molecule has 0 saturated heterocycles. The average molecular weight is 257 g/mol. The molecule has 0 unspecified atom stereocenters. The Labute approximate surface area is 101 Å². The van der Waals surface area contributed by atoms with E-state index in [2.05, 4.69) is 0 Å². The van der Waals surface area contributed by atoms with E-state index in [1.807, 2.05) is 32.0 Å². The van der Waals surface area contributed by atoms with Gasteiger partial charge in [-0.05, 0) is 37.6 Å². The summed E-state index contributed by atoms with van der Waals surface area (Å²) in [6, 6.07) is 5.68. The minimum absolute atomic E-state index is 0.0769. The van der Waals surface area contributed by atoms with Crippen molar-refractivity contribution in [2.75, 3.05) is 0 Å². The van der Waals surface area contributed by atoms with Crippen LogP contribution in [0.15, 0.2) is 18.2 Å². The lowest BCUT2D eigenvalue weighted by molar-refractivity contribution is 0.104. The van der Waals surface area contributed by atoms with Gasteiger partial charge in [-0.1, -0.05) is 11.6 Å². The molecule has 0 atom stereocenters. The van der Waals surface area contributed by atoms with Gasteiger partial charge < -0.3 is 0 Å². The molecule has 2 heterocycles. The highest BCUT2D eigenvalue weighted by Crippen LogP contribution is 2.29. The van der Waals surface area contributed by atoms with Gasteiger partial charge in [0, 0.05) is 4.88 Å². The first-order valence-electron chi connectivity index (χ1n) is 4.45. The zero-order valence-corrected chi connectivity index (χ0v) is 10.7. The van der Waals surface area contributed by atoms with Crippen LogP contribution in [0.4, 0.5) is 0 Å². The number of ketones is 1. The first-order chi connectivity index (χ1) is 7.08. The van der Waals surface area contributed by atoms with Gasteiger partial charge in [0.1, 0.15) is 0 Å². The van der Waals surface area contributed by atoms with Crippen LogP contribution in [0.2, 0.25) is 4.34 Å². The summed E-state index contributed by atoms with van der Waals surface area (Å²) >= 11 is 8.80.